The van der Waals surface area contributed by atoms with E-state index in [2.05, 4.69) is 43.5 Å². The van der Waals surface area contributed by atoms with Crippen molar-refractivity contribution in [3.63, 3.8) is 0 Å². The van der Waals surface area contributed by atoms with E-state index in [-0.39, 0.29) is 18.5 Å². The minimum atomic E-state index is -0.851. The lowest BCUT2D eigenvalue weighted by Crippen LogP contribution is -2.45. The van der Waals surface area contributed by atoms with E-state index in [1.54, 1.807) is 6.08 Å². The van der Waals surface area contributed by atoms with Crippen LogP contribution in [0.1, 0.15) is 354 Å². The third-order valence-corrected chi connectivity index (χ3v) is 15.1. The highest BCUT2D eigenvalue weighted by Gasteiger charge is 2.18. The van der Waals surface area contributed by atoms with Crippen molar-refractivity contribution in [3.05, 3.63) is 36.5 Å². The molecule has 73 heavy (non-hydrogen) atoms. The fourth-order valence-electron chi connectivity index (χ4n) is 10.1. The Kier molecular flexibility index (Phi) is 61.0. The summed E-state index contributed by atoms with van der Waals surface area (Å²) in [5.41, 5.74) is 0. The number of amides is 1. The van der Waals surface area contributed by atoms with Crippen LogP contribution in [0.2, 0.25) is 0 Å². The van der Waals surface area contributed by atoms with E-state index in [9.17, 15) is 19.8 Å². The molecule has 2 unspecified atom stereocenters. The number of ether oxygens (including phenoxy) is 1. The number of carbonyl (C=O) groups is 2. The minimum Gasteiger partial charge on any atom is -0.466 e. The maximum Gasteiger partial charge on any atom is 0.305 e. The number of nitrogens with one attached hydrogen (secondary N) is 1. The van der Waals surface area contributed by atoms with Crippen molar-refractivity contribution >= 4 is 11.9 Å². The summed E-state index contributed by atoms with van der Waals surface area (Å²) in [6.07, 6.45) is 79.0. The van der Waals surface area contributed by atoms with Gasteiger partial charge in [0.05, 0.1) is 25.4 Å². The van der Waals surface area contributed by atoms with Crippen LogP contribution < -0.4 is 5.32 Å². The second kappa shape index (κ2) is 62.6. The molecule has 0 aliphatic heterocycles. The number of allylic oxidation sites excluding steroid dienone is 5. The molecule has 6 nitrogen and oxygen atoms in total. The van der Waals surface area contributed by atoms with Gasteiger partial charge in [-0.25, -0.2) is 0 Å². The lowest BCUT2D eigenvalue weighted by atomic mass is 10.0. The summed E-state index contributed by atoms with van der Waals surface area (Å²) < 4.78 is 5.49. The van der Waals surface area contributed by atoms with Crippen LogP contribution in [0.5, 0.6) is 0 Å². The van der Waals surface area contributed by atoms with Gasteiger partial charge in [0.15, 0.2) is 0 Å². The smallest absolute Gasteiger partial charge is 0.305 e. The topological polar surface area (TPSA) is 95.9 Å². The molecule has 0 aliphatic carbocycles. The maximum absolute atomic E-state index is 12.5. The molecule has 0 rings (SSSR count). The molecule has 0 fully saturated rings. The van der Waals surface area contributed by atoms with Gasteiger partial charge < -0.3 is 20.3 Å². The van der Waals surface area contributed by atoms with E-state index in [1.165, 1.54) is 276 Å². The van der Waals surface area contributed by atoms with E-state index in [0.29, 0.717) is 19.4 Å². The van der Waals surface area contributed by atoms with E-state index in [0.717, 1.165) is 51.4 Å². The van der Waals surface area contributed by atoms with Crippen LogP contribution in [-0.2, 0) is 14.3 Å². The summed E-state index contributed by atoms with van der Waals surface area (Å²) in [5, 5.41) is 23.2. The van der Waals surface area contributed by atoms with Gasteiger partial charge in [-0.3, -0.25) is 9.59 Å². The van der Waals surface area contributed by atoms with E-state index in [1.807, 2.05) is 6.08 Å². The second-order valence-electron chi connectivity index (χ2n) is 22.4. The SMILES string of the molecule is CCCCCCCC/C=C\CCCCCCCCCC(=O)OCCCCCCCCCCC/C=C\CCCCCCCCCC(=O)NC(CO)C(O)/C=C/CCCCCCCCCCCCCCCCCCC. The van der Waals surface area contributed by atoms with Gasteiger partial charge >= 0.3 is 5.97 Å². The monoisotopic (exact) mass is 1030 g/mol. The highest BCUT2D eigenvalue weighted by Crippen LogP contribution is 2.17. The van der Waals surface area contributed by atoms with E-state index >= 15 is 0 Å². The van der Waals surface area contributed by atoms with Gasteiger partial charge in [-0.15, -0.1) is 0 Å². The van der Waals surface area contributed by atoms with Crippen molar-refractivity contribution in [1.82, 2.24) is 5.32 Å². The zero-order chi connectivity index (χ0) is 52.9. The minimum absolute atomic E-state index is 0.00254. The number of aliphatic hydroxyl groups is 2. The van der Waals surface area contributed by atoms with Gasteiger partial charge in [0.2, 0.25) is 5.91 Å². The standard InChI is InChI=1S/C67H127NO5/c1-3-5-7-9-11-13-15-17-19-21-24-28-31-35-39-43-47-51-55-59-65(70)64(63-69)68-66(71)60-56-52-48-44-40-36-32-29-25-22-23-26-30-34-38-42-46-50-54-58-62-73-67(72)61-57-53-49-45-41-37-33-27-20-18-16-14-12-10-8-6-4-2/h18,20,22,25,55,59,64-65,69-70H,3-17,19,21,23-24,26-54,56-58,60-63H2,1-2H3,(H,68,71)/b20-18-,25-22-,59-55+. The van der Waals surface area contributed by atoms with E-state index < -0.39 is 12.1 Å². The van der Waals surface area contributed by atoms with Crippen molar-refractivity contribution in [2.75, 3.05) is 13.2 Å². The largest absolute Gasteiger partial charge is 0.466 e. The van der Waals surface area contributed by atoms with Crippen LogP contribution in [0.25, 0.3) is 0 Å². The lowest BCUT2D eigenvalue weighted by molar-refractivity contribution is -0.143. The van der Waals surface area contributed by atoms with Crippen LogP contribution in [0.4, 0.5) is 0 Å². The zero-order valence-electron chi connectivity index (χ0n) is 49.1. The molecule has 0 bridgehead atoms. The van der Waals surface area contributed by atoms with Gasteiger partial charge in [-0.05, 0) is 83.5 Å². The molecule has 0 aromatic rings. The molecule has 0 aliphatic rings. The normalized spacial score (nSPS) is 12.8. The summed E-state index contributed by atoms with van der Waals surface area (Å²) in [6.45, 7) is 4.91. The molecule has 0 heterocycles. The fourth-order valence-corrected chi connectivity index (χ4v) is 10.1. The molecular weight excluding hydrogens is 899 g/mol. The van der Waals surface area contributed by atoms with Gasteiger partial charge in [0.25, 0.3) is 0 Å². The van der Waals surface area contributed by atoms with Gasteiger partial charge in [0.1, 0.15) is 0 Å². The summed E-state index contributed by atoms with van der Waals surface area (Å²) in [6, 6.07) is -0.635. The predicted molar refractivity (Wildman–Crippen MR) is 319 cm³/mol. The molecule has 1 amide bonds. The highest BCUT2D eigenvalue weighted by molar-refractivity contribution is 5.76. The molecule has 2 atom stereocenters. The number of hydrogen-bond acceptors (Lipinski definition) is 5. The number of rotatable bonds is 61. The van der Waals surface area contributed by atoms with Crippen LogP contribution in [-0.4, -0.2) is 47.4 Å². The first-order valence-corrected chi connectivity index (χ1v) is 32.8. The molecule has 0 aromatic carbocycles. The average molecular weight is 1030 g/mol. The Balaban J connectivity index is 3.45. The predicted octanol–water partition coefficient (Wildman–Crippen LogP) is 20.8. The molecule has 0 aromatic heterocycles. The Morgan fingerprint density at radius 1 is 0.370 bits per heavy atom. The first-order valence-electron chi connectivity index (χ1n) is 32.8. The molecule has 0 spiro atoms. The first-order chi connectivity index (χ1) is 36.0. The number of esters is 1. The van der Waals surface area contributed by atoms with Crippen molar-refractivity contribution in [3.8, 4) is 0 Å². The Morgan fingerprint density at radius 3 is 0.973 bits per heavy atom. The lowest BCUT2D eigenvalue weighted by Gasteiger charge is -2.20. The third-order valence-electron chi connectivity index (χ3n) is 15.1. The van der Waals surface area contributed by atoms with Gasteiger partial charge in [-0.2, -0.15) is 0 Å². The molecule has 0 saturated carbocycles. The van der Waals surface area contributed by atoms with Crippen molar-refractivity contribution < 1.29 is 24.5 Å². The van der Waals surface area contributed by atoms with Crippen molar-refractivity contribution in [2.45, 2.75) is 366 Å². The fraction of sp³-hybridized carbons (Fsp3) is 0.881. The number of unbranched alkanes of at least 4 members (excludes halogenated alkanes) is 46. The van der Waals surface area contributed by atoms with Gasteiger partial charge in [0, 0.05) is 12.8 Å². The number of aliphatic hydroxyl groups excluding tert-OH is 2. The number of hydrogen-bond donors (Lipinski definition) is 3. The highest BCUT2D eigenvalue weighted by atomic mass is 16.5. The molecule has 3 N–H and O–H groups in total. The average Bonchev–Trinajstić information content (AvgIpc) is 3.39. The number of carbonyl (C=O) groups excluding carboxylic acids is 2. The molecule has 0 saturated heterocycles. The molecular formula is C67H127NO5. The second-order valence-corrected chi connectivity index (χ2v) is 22.4. The maximum atomic E-state index is 12.5. The Hall–Kier alpha value is -1.92. The Bertz CT molecular complexity index is 1180. The van der Waals surface area contributed by atoms with Crippen LogP contribution in [0.15, 0.2) is 36.5 Å². The molecule has 0 radical (unpaired) electrons. The van der Waals surface area contributed by atoms with Crippen LogP contribution >= 0.6 is 0 Å². The first kappa shape index (κ1) is 71.1. The summed E-state index contributed by atoms with van der Waals surface area (Å²) in [5.74, 6) is -0.0717. The van der Waals surface area contributed by atoms with Crippen LogP contribution in [0, 0.1) is 0 Å². The van der Waals surface area contributed by atoms with Crippen molar-refractivity contribution in [2.24, 2.45) is 0 Å². The van der Waals surface area contributed by atoms with Crippen molar-refractivity contribution in [1.29, 1.82) is 0 Å². The molecule has 6 heteroatoms. The van der Waals surface area contributed by atoms with Crippen LogP contribution in [0.3, 0.4) is 0 Å². The molecule has 430 valence electrons. The van der Waals surface area contributed by atoms with E-state index in [4.69, 9.17) is 4.74 Å². The summed E-state index contributed by atoms with van der Waals surface area (Å²) in [7, 11) is 0. The Labute approximate surface area is 455 Å². The summed E-state index contributed by atoms with van der Waals surface area (Å²) >= 11 is 0. The van der Waals surface area contributed by atoms with Gasteiger partial charge in [-0.1, -0.05) is 294 Å². The quantitative estimate of drug-likeness (QED) is 0.0320. The summed E-state index contributed by atoms with van der Waals surface area (Å²) in [4.78, 5) is 24.6. The third kappa shape index (κ3) is 59.2. The zero-order valence-corrected chi connectivity index (χ0v) is 49.1. The Morgan fingerprint density at radius 2 is 0.644 bits per heavy atom.